The molecule has 2 N–H and O–H groups in total. The molecule has 154 valence electrons. The average Bonchev–Trinajstić information content (AvgIpc) is 3.06. The average molecular weight is 399 g/mol. The highest BCUT2D eigenvalue weighted by Crippen LogP contribution is 2.29. The van der Waals surface area contributed by atoms with Gasteiger partial charge >= 0.3 is 5.97 Å². The fourth-order valence-corrected chi connectivity index (χ4v) is 3.21. The summed E-state index contributed by atoms with van der Waals surface area (Å²) in [7, 11) is 0. The first kappa shape index (κ1) is 20.8. The van der Waals surface area contributed by atoms with Crippen LogP contribution < -0.4 is 9.64 Å². The summed E-state index contributed by atoms with van der Waals surface area (Å²) in [6, 6.07) is 14.6. The largest absolute Gasteiger partial charge is 0.482 e. The molecule has 1 heterocycles. The zero-order chi connectivity index (χ0) is 21.0. The normalized spacial score (nSPS) is 16.9. The van der Waals surface area contributed by atoms with E-state index in [-0.39, 0.29) is 24.5 Å². The Morgan fingerprint density at radius 3 is 2.62 bits per heavy atom. The smallest absolute Gasteiger partial charge is 0.341 e. The molecule has 0 bridgehead atoms. The number of hydrogen-bond donors (Lipinski definition) is 2. The first-order valence-corrected chi connectivity index (χ1v) is 9.39. The van der Waals surface area contributed by atoms with E-state index in [9.17, 15) is 14.7 Å². The number of aliphatic hydroxyl groups is 1. The van der Waals surface area contributed by atoms with Crippen molar-refractivity contribution in [3.05, 3.63) is 59.7 Å². The maximum absolute atomic E-state index is 12.4. The van der Waals surface area contributed by atoms with Crippen molar-refractivity contribution in [1.82, 2.24) is 0 Å². The van der Waals surface area contributed by atoms with Gasteiger partial charge in [0.2, 0.25) is 0 Å². The topological polar surface area (TPSA) is 96.3 Å². The number of anilines is 1. The van der Waals surface area contributed by atoms with Crippen molar-refractivity contribution in [1.29, 1.82) is 0 Å². The summed E-state index contributed by atoms with van der Waals surface area (Å²) >= 11 is 0. The van der Waals surface area contributed by atoms with Crippen LogP contribution in [0, 0.1) is 0 Å². The molecule has 29 heavy (non-hydrogen) atoms. The van der Waals surface area contributed by atoms with E-state index in [0.29, 0.717) is 12.2 Å². The Kier molecular flexibility index (Phi) is 6.20. The standard InChI is InChI=1S/C22H25NO6/c1-22(2,14-24)16-6-8-17(9-7-16)23-19(25)12-29-20(23)11-15-4-3-5-18(10-15)28-13-21(26)27/h3-10,20,24H,11-14H2,1-2H3,(H,26,27). The first-order valence-electron chi connectivity index (χ1n) is 9.39. The second-order valence-electron chi connectivity index (χ2n) is 7.65. The van der Waals surface area contributed by atoms with Crippen molar-refractivity contribution in [2.45, 2.75) is 31.9 Å². The number of ether oxygens (including phenoxy) is 2. The van der Waals surface area contributed by atoms with E-state index in [1.807, 2.05) is 44.2 Å². The summed E-state index contributed by atoms with van der Waals surface area (Å²) < 4.78 is 10.9. The molecule has 1 saturated heterocycles. The SMILES string of the molecule is CC(C)(CO)c1ccc(N2C(=O)COC2Cc2cccc(OCC(=O)O)c2)cc1. The van der Waals surface area contributed by atoms with Gasteiger partial charge in [-0.1, -0.05) is 38.1 Å². The summed E-state index contributed by atoms with van der Waals surface area (Å²) in [6.45, 7) is 3.53. The molecule has 2 aromatic rings. The fraction of sp³-hybridized carbons (Fsp3) is 0.364. The van der Waals surface area contributed by atoms with E-state index >= 15 is 0 Å². The Hall–Kier alpha value is -2.90. The van der Waals surface area contributed by atoms with Gasteiger partial charge in [-0.05, 0) is 35.4 Å². The molecule has 1 fully saturated rings. The number of carboxylic acids is 1. The first-order chi connectivity index (χ1) is 13.8. The second-order valence-corrected chi connectivity index (χ2v) is 7.65. The van der Waals surface area contributed by atoms with Crippen LogP contribution in [0.3, 0.4) is 0 Å². The molecule has 0 saturated carbocycles. The summed E-state index contributed by atoms with van der Waals surface area (Å²) in [4.78, 5) is 24.7. The van der Waals surface area contributed by atoms with Crippen LogP contribution in [0.4, 0.5) is 5.69 Å². The Bertz CT molecular complexity index is 877. The summed E-state index contributed by atoms with van der Waals surface area (Å²) in [5.74, 6) is -0.710. The number of carboxylic acid groups (broad SMARTS) is 1. The van der Waals surface area contributed by atoms with Crippen LogP contribution in [-0.2, 0) is 26.2 Å². The number of aliphatic hydroxyl groups excluding tert-OH is 1. The van der Waals surface area contributed by atoms with Gasteiger partial charge in [0.05, 0.1) is 6.61 Å². The summed E-state index contributed by atoms with van der Waals surface area (Å²) in [6.07, 6.45) is -0.0196. The van der Waals surface area contributed by atoms with Crippen molar-refractivity contribution in [3.8, 4) is 5.75 Å². The Balaban J connectivity index is 1.76. The molecule has 7 nitrogen and oxygen atoms in total. The number of carbonyl (C=O) groups excluding carboxylic acids is 1. The quantitative estimate of drug-likeness (QED) is 0.707. The second kappa shape index (κ2) is 8.63. The highest BCUT2D eigenvalue weighted by molar-refractivity contribution is 5.96. The highest BCUT2D eigenvalue weighted by atomic mass is 16.5. The molecule has 1 aliphatic rings. The predicted molar refractivity (Wildman–Crippen MR) is 107 cm³/mol. The van der Waals surface area contributed by atoms with E-state index in [1.165, 1.54) is 0 Å². The number of benzene rings is 2. The maximum atomic E-state index is 12.4. The number of carbonyl (C=O) groups is 2. The monoisotopic (exact) mass is 399 g/mol. The van der Waals surface area contributed by atoms with Gasteiger partial charge in [-0.2, -0.15) is 0 Å². The summed E-state index contributed by atoms with van der Waals surface area (Å²) in [5.41, 5.74) is 2.22. The molecule has 1 unspecified atom stereocenters. The van der Waals surface area contributed by atoms with Gasteiger partial charge < -0.3 is 19.7 Å². The minimum Gasteiger partial charge on any atom is -0.482 e. The third-order valence-electron chi connectivity index (χ3n) is 4.95. The molecule has 0 aromatic heterocycles. The third-order valence-corrected chi connectivity index (χ3v) is 4.95. The molecule has 0 aliphatic carbocycles. The van der Waals surface area contributed by atoms with Crippen LogP contribution in [0.25, 0.3) is 0 Å². The van der Waals surface area contributed by atoms with E-state index in [2.05, 4.69) is 0 Å². The molecule has 0 radical (unpaired) electrons. The van der Waals surface area contributed by atoms with Gasteiger partial charge in [0, 0.05) is 17.5 Å². The lowest BCUT2D eigenvalue weighted by Crippen LogP contribution is -2.35. The molecule has 2 aromatic carbocycles. The molecule has 3 rings (SSSR count). The van der Waals surface area contributed by atoms with Crippen molar-refractivity contribution in [3.63, 3.8) is 0 Å². The number of hydrogen-bond acceptors (Lipinski definition) is 5. The fourth-order valence-electron chi connectivity index (χ4n) is 3.21. The van der Waals surface area contributed by atoms with Crippen LogP contribution in [0.2, 0.25) is 0 Å². The lowest BCUT2D eigenvalue weighted by atomic mass is 9.85. The van der Waals surface area contributed by atoms with Gasteiger partial charge in [-0.3, -0.25) is 9.69 Å². The summed E-state index contributed by atoms with van der Waals surface area (Å²) in [5, 5.41) is 18.3. The number of aliphatic carboxylic acids is 1. The van der Waals surface area contributed by atoms with Crippen molar-refractivity contribution >= 4 is 17.6 Å². The third kappa shape index (κ3) is 4.93. The van der Waals surface area contributed by atoms with Crippen molar-refractivity contribution in [2.75, 3.05) is 24.7 Å². The van der Waals surface area contributed by atoms with Gasteiger partial charge in [0.1, 0.15) is 18.6 Å². The number of rotatable bonds is 8. The Labute approximate surface area is 169 Å². The van der Waals surface area contributed by atoms with Crippen LogP contribution >= 0.6 is 0 Å². The van der Waals surface area contributed by atoms with Crippen LogP contribution in [0.5, 0.6) is 5.75 Å². The van der Waals surface area contributed by atoms with E-state index in [0.717, 1.165) is 16.8 Å². The Morgan fingerprint density at radius 1 is 1.24 bits per heavy atom. The van der Waals surface area contributed by atoms with Crippen LogP contribution in [0.1, 0.15) is 25.0 Å². The molecular weight excluding hydrogens is 374 g/mol. The lowest BCUT2D eigenvalue weighted by Gasteiger charge is -2.26. The molecule has 1 aliphatic heterocycles. The molecule has 1 atom stereocenters. The minimum absolute atomic E-state index is 0.00373. The number of amides is 1. The van der Waals surface area contributed by atoms with Gasteiger partial charge in [-0.25, -0.2) is 4.79 Å². The molecular formula is C22H25NO6. The van der Waals surface area contributed by atoms with Crippen molar-refractivity contribution in [2.24, 2.45) is 0 Å². The van der Waals surface area contributed by atoms with Gasteiger partial charge in [0.25, 0.3) is 5.91 Å². The maximum Gasteiger partial charge on any atom is 0.341 e. The minimum atomic E-state index is -1.04. The lowest BCUT2D eigenvalue weighted by molar-refractivity contribution is -0.139. The van der Waals surface area contributed by atoms with Gasteiger partial charge in [-0.15, -0.1) is 0 Å². The Morgan fingerprint density at radius 2 is 1.97 bits per heavy atom. The van der Waals surface area contributed by atoms with E-state index in [1.54, 1.807) is 23.1 Å². The van der Waals surface area contributed by atoms with Gasteiger partial charge in [0.15, 0.2) is 6.61 Å². The van der Waals surface area contributed by atoms with E-state index < -0.39 is 18.8 Å². The van der Waals surface area contributed by atoms with Crippen LogP contribution in [-0.4, -0.2) is 48.1 Å². The molecule has 0 spiro atoms. The van der Waals surface area contributed by atoms with E-state index in [4.69, 9.17) is 14.6 Å². The predicted octanol–water partition coefficient (Wildman–Crippen LogP) is 2.35. The zero-order valence-corrected chi connectivity index (χ0v) is 16.5. The van der Waals surface area contributed by atoms with Crippen molar-refractivity contribution < 1.29 is 29.3 Å². The molecule has 1 amide bonds. The van der Waals surface area contributed by atoms with Crippen LogP contribution in [0.15, 0.2) is 48.5 Å². The molecule has 7 heteroatoms. The zero-order valence-electron chi connectivity index (χ0n) is 16.5. The number of nitrogens with zero attached hydrogens (tertiary/aromatic N) is 1. The highest BCUT2D eigenvalue weighted by Gasteiger charge is 2.33.